The van der Waals surface area contributed by atoms with Crippen LogP contribution in [0.4, 0.5) is 5.95 Å². The van der Waals surface area contributed by atoms with Gasteiger partial charge < -0.3 is 4.57 Å². The number of rotatable bonds is 4. The smallest absolute Gasteiger partial charge is 0.229 e. The number of amides is 1. The molecule has 0 unspecified atom stereocenters. The molecule has 0 saturated carbocycles. The van der Waals surface area contributed by atoms with Gasteiger partial charge in [-0.15, -0.1) is 0 Å². The van der Waals surface area contributed by atoms with Crippen molar-refractivity contribution in [3.05, 3.63) is 47.3 Å². The van der Waals surface area contributed by atoms with E-state index < -0.39 is 0 Å². The fourth-order valence-corrected chi connectivity index (χ4v) is 2.85. The zero-order valence-corrected chi connectivity index (χ0v) is 14.3. The van der Waals surface area contributed by atoms with Crippen molar-refractivity contribution < 1.29 is 4.79 Å². The number of benzene rings is 1. The minimum atomic E-state index is -0.216. The standard InChI is InChI=1S/C18H25N3O/c1-13-7-8-14(2)15(11-13)18(3,4)12-16(22)21(6)17-19-9-10-20(17)5/h7-11H,12H2,1-6H3. The molecular weight excluding hydrogens is 274 g/mol. The topological polar surface area (TPSA) is 38.1 Å². The van der Waals surface area contributed by atoms with Gasteiger partial charge in [-0.2, -0.15) is 0 Å². The number of hydrogen-bond donors (Lipinski definition) is 0. The Morgan fingerprint density at radius 1 is 1.32 bits per heavy atom. The lowest BCUT2D eigenvalue weighted by molar-refractivity contribution is -0.119. The quantitative estimate of drug-likeness (QED) is 0.868. The third-order valence-corrected chi connectivity index (χ3v) is 4.19. The molecule has 0 atom stereocenters. The molecule has 0 radical (unpaired) electrons. The second-order valence-electron chi connectivity index (χ2n) is 6.67. The van der Waals surface area contributed by atoms with E-state index in [1.54, 1.807) is 18.1 Å². The monoisotopic (exact) mass is 299 g/mol. The van der Waals surface area contributed by atoms with Crippen molar-refractivity contribution in [2.24, 2.45) is 7.05 Å². The van der Waals surface area contributed by atoms with Gasteiger partial charge in [-0.25, -0.2) is 4.98 Å². The molecule has 2 rings (SSSR count). The van der Waals surface area contributed by atoms with Gasteiger partial charge in [-0.05, 0) is 30.4 Å². The molecule has 0 saturated heterocycles. The first kappa shape index (κ1) is 16.3. The summed E-state index contributed by atoms with van der Waals surface area (Å²) in [5.41, 5.74) is 3.46. The van der Waals surface area contributed by atoms with Crippen molar-refractivity contribution in [3.8, 4) is 0 Å². The Morgan fingerprint density at radius 2 is 2.00 bits per heavy atom. The van der Waals surface area contributed by atoms with E-state index in [0.29, 0.717) is 12.4 Å². The Bertz CT molecular complexity index is 685. The van der Waals surface area contributed by atoms with Crippen LogP contribution in [0.15, 0.2) is 30.6 Å². The Hall–Kier alpha value is -2.10. The van der Waals surface area contributed by atoms with Gasteiger partial charge in [0.15, 0.2) is 0 Å². The summed E-state index contributed by atoms with van der Waals surface area (Å²) in [6.45, 7) is 8.43. The molecule has 0 aliphatic rings. The summed E-state index contributed by atoms with van der Waals surface area (Å²) in [5, 5.41) is 0. The second-order valence-corrected chi connectivity index (χ2v) is 6.67. The van der Waals surface area contributed by atoms with Crippen LogP contribution in [0.2, 0.25) is 0 Å². The molecule has 0 bridgehead atoms. The van der Waals surface area contributed by atoms with Crippen molar-refractivity contribution >= 4 is 11.9 Å². The van der Waals surface area contributed by atoms with Crippen molar-refractivity contribution in [1.82, 2.24) is 9.55 Å². The summed E-state index contributed by atoms with van der Waals surface area (Å²) in [4.78, 5) is 18.5. The zero-order valence-electron chi connectivity index (χ0n) is 14.3. The first-order valence-corrected chi connectivity index (χ1v) is 7.54. The average Bonchev–Trinajstić information content (AvgIpc) is 2.86. The number of anilines is 1. The largest absolute Gasteiger partial charge is 0.320 e. The van der Waals surface area contributed by atoms with E-state index in [4.69, 9.17) is 0 Å². The fraction of sp³-hybridized carbons (Fsp3) is 0.444. The third kappa shape index (κ3) is 3.21. The Labute approximate surface area is 132 Å². The summed E-state index contributed by atoms with van der Waals surface area (Å²) < 4.78 is 1.85. The molecule has 1 heterocycles. The van der Waals surface area contributed by atoms with Gasteiger partial charge in [-0.3, -0.25) is 9.69 Å². The lowest BCUT2D eigenvalue weighted by Gasteiger charge is -2.29. The molecule has 118 valence electrons. The summed E-state index contributed by atoms with van der Waals surface area (Å²) in [6, 6.07) is 6.42. The van der Waals surface area contributed by atoms with Gasteiger partial charge in [0.1, 0.15) is 0 Å². The third-order valence-electron chi connectivity index (χ3n) is 4.19. The molecule has 0 aliphatic heterocycles. The molecule has 22 heavy (non-hydrogen) atoms. The highest BCUT2D eigenvalue weighted by atomic mass is 16.2. The maximum atomic E-state index is 12.7. The number of imidazole rings is 1. The van der Waals surface area contributed by atoms with Crippen LogP contribution < -0.4 is 4.90 Å². The number of hydrogen-bond acceptors (Lipinski definition) is 2. The van der Waals surface area contributed by atoms with E-state index in [1.165, 1.54) is 16.7 Å². The van der Waals surface area contributed by atoms with Crippen LogP contribution in [0, 0.1) is 13.8 Å². The second kappa shape index (κ2) is 5.95. The van der Waals surface area contributed by atoms with Crippen LogP contribution in [0.5, 0.6) is 0 Å². The molecule has 2 aromatic rings. The van der Waals surface area contributed by atoms with E-state index in [0.717, 1.165) is 0 Å². The van der Waals surface area contributed by atoms with Crippen molar-refractivity contribution in [2.75, 3.05) is 11.9 Å². The summed E-state index contributed by atoms with van der Waals surface area (Å²) in [6.07, 6.45) is 3.99. The molecule has 1 amide bonds. The van der Waals surface area contributed by atoms with Gasteiger partial charge in [0.25, 0.3) is 0 Å². The van der Waals surface area contributed by atoms with E-state index in [1.807, 2.05) is 17.8 Å². The van der Waals surface area contributed by atoms with Crippen molar-refractivity contribution in [2.45, 2.75) is 39.5 Å². The molecule has 0 N–H and O–H groups in total. The van der Waals surface area contributed by atoms with Crippen LogP contribution in [-0.4, -0.2) is 22.5 Å². The Balaban J connectivity index is 2.23. The SMILES string of the molecule is Cc1ccc(C)c(C(C)(C)CC(=O)N(C)c2nccn2C)c1. The number of carbonyl (C=O) groups is 1. The zero-order chi connectivity index (χ0) is 16.5. The van der Waals surface area contributed by atoms with Crippen LogP contribution in [0.25, 0.3) is 0 Å². The molecule has 1 aromatic carbocycles. The molecule has 4 heteroatoms. The maximum absolute atomic E-state index is 12.7. The molecule has 4 nitrogen and oxygen atoms in total. The van der Waals surface area contributed by atoms with Crippen molar-refractivity contribution in [1.29, 1.82) is 0 Å². The van der Waals surface area contributed by atoms with Gasteiger partial charge in [0.2, 0.25) is 11.9 Å². The average molecular weight is 299 g/mol. The molecule has 0 spiro atoms. The van der Waals surface area contributed by atoms with Crippen LogP contribution in [0.1, 0.15) is 37.0 Å². The predicted octanol–water partition coefficient (Wildman–Crippen LogP) is 3.37. The van der Waals surface area contributed by atoms with E-state index >= 15 is 0 Å². The molecule has 0 fully saturated rings. The Kier molecular flexibility index (Phi) is 4.40. The van der Waals surface area contributed by atoms with E-state index in [9.17, 15) is 4.79 Å². The number of nitrogens with zero attached hydrogens (tertiary/aromatic N) is 3. The fourth-order valence-electron chi connectivity index (χ4n) is 2.85. The highest BCUT2D eigenvalue weighted by molar-refractivity contribution is 5.92. The van der Waals surface area contributed by atoms with Crippen molar-refractivity contribution in [3.63, 3.8) is 0 Å². The number of carbonyl (C=O) groups excluding carboxylic acids is 1. The summed E-state index contributed by atoms with van der Waals surface area (Å²) >= 11 is 0. The number of aryl methyl sites for hydroxylation is 3. The minimum Gasteiger partial charge on any atom is -0.320 e. The molecule has 1 aromatic heterocycles. The first-order valence-electron chi connectivity index (χ1n) is 7.54. The molecule has 0 aliphatic carbocycles. The summed E-state index contributed by atoms with van der Waals surface area (Å²) in [5.74, 6) is 0.738. The van der Waals surface area contributed by atoms with Gasteiger partial charge in [-0.1, -0.05) is 37.6 Å². The minimum absolute atomic E-state index is 0.0696. The van der Waals surface area contributed by atoms with E-state index in [-0.39, 0.29) is 11.3 Å². The van der Waals surface area contributed by atoms with Gasteiger partial charge in [0, 0.05) is 32.9 Å². The van der Waals surface area contributed by atoms with Crippen LogP contribution in [-0.2, 0) is 17.3 Å². The normalized spacial score (nSPS) is 11.5. The first-order chi connectivity index (χ1) is 10.2. The van der Waals surface area contributed by atoms with E-state index in [2.05, 4.69) is 50.9 Å². The highest BCUT2D eigenvalue weighted by Gasteiger charge is 2.28. The highest BCUT2D eigenvalue weighted by Crippen LogP contribution is 2.31. The van der Waals surface area contributed by atoms with Gasteiger partial charge >= 0.3 is 0 Å². The van der Waals surface area contributed by atoms with Crippen LogP contribution in [0.3, 0.4) is 0 Å². The summed E-state index contributed by atoms with van der Waals surface area (Å²) in [7, 11) is 3.67. The predicted molar refractivity (Wildman–Crippen MR) is 90.2 cm³/mol. The Morgan fingerprint density at radius 3 is 2.59 bits per heavy atom. The lowest BCUT2D eigenvalue weighted by Crippen LogP contribution is -2.34. The molecular formula is C18H25N3O. The number of aromatic nitrogens is 2. The lowest BCUT2D eigenvalue weighted by atomic mass is 9.78. The van der Waals surface area contributed by atoms with Gasteiger partial charge in [0.05, 0.1) is 0 Å². The van der Waals surface area contributed by atoms with Crippen LogP contribution >= 0.6 is 0 Å². The maximum Gasteiger partial charge on any atom is 0.229 e.